The van der Waals surface area contributed by atoms with E-state index in [0.29, 0.717) is 26.1 Å². The Hall–Kier alpha value is -2.11. The molecule has 132 valence electrons. The standard InChI is InChI=1S/C20H24N2O3/c1-14-16(9-17(21(14)3)15-7-5-4-6-8-15)18(23)22-11-20(12-22)10-19(2,24)13-25-20/h4-9,24H,10-13H2,1-3H3. The minimum atomic E-state index is -0.779. The quantitative estimate of drug-likeness (QED) is 0.913. The molecule has 1 spiro atoms. The first-order valence-electron chi connectivity index (χ1n) is 8.68. The third-order valence-electron chi connectivity index (χ3n) is 5.47. The number of hydrogen-bond acceptors (Lipinski definition) is 3. The highest BCUT2D eigenvalue weighted by Gasteiger charge is 2.54. The van der Waals surface area contributed by atoms with Crippen LogP contribution in [0, 0.1) is 6.92 Å². The molecule has 1 atom stereocenters. The second-order valence-corrected chi connectivity index (χ2v) is 7.76. The maximum absolute atomic E-state index is 12.9. The van der Waals surface area contributed by atoms with E-state index in [9.17, 15) is 9.90 Å². The van der Waals surface area contributed by atoms with Crippen LogP contribution in [0.4, 0.5) is 0 Å². The number of amides is 1. The highest BCUT2D eigenvalue weighted by atomic mass is 16.5. The van der Waals surface area contributed by atoms with Gasteiger partial charge in [-0.05, 0) is 25.5 Å². The molecule has 0 aliphatic carbocycles. The van der Waals surface area contributed by atoms with Gasteiger partial charge in [-0.3, -0.25) is 4.79 Å². The van der Waals surface area contributed by atoms with Crippen LogP contribution in [0.3, 0.4) is 0 Å². The molecule has 1 aromatic heterocycles. The number of likely N-dealkylation sites (tertiary alicyclic amines) is 1. The molecule has 4 rings (SSSR count). The fourth-order valence-corrected chi connectivity index (χ4v) is 4.07. The molecule has 2 aromatic rings. The zero-order valence-corrected chi connectivity index (χ0v) is 15.0. The van der Waals surface area contributed by atoms with Gasteiger partial charge in [0.25, 0.3) is 5.91 Å². The number of carbonyl (C=O) groups is 1. The molecule has 3 heterocycles. The zero-order valence-electron chi connectivity index (χ0n) is 15.0. The van der Waals surface area contributed by atoms with Gasteiger partial charge in [0.1, 0.15) is 5.60 Å². The van der Waals surface area contributed by atoms with E-state index in [1.165, 1.54) is 0 Å². The Morgan fingerprint density at radius 2 is 1.92 bits per heavy atom. The lowest BCUT2D eigenvalue weighted by molar-refractivity contribution is -0.0954. The number of ether oxygens (including phenoxy) is 1. The van der Waals surface area contributed by atoms with Crippen molar-refractivity contribution >= 4 is 5.91 Å². The van der Waals surface area contributed by atoms with Gasteiger partial charge in [-0.25, -0.2) is 0 Å². The zero-order chi connectivity index (χ0) is 17.8. The minimum Gasteiger partial charge on any atom is -0.388 e. The third-order valence-corrected chi connectivity index (χ3v) is 5.47. The molecular weight excluding hydrogens is 316 g/mol. The summed E-state index contributed by atoms with van der Waals surface area (Å²) in [6.07, 6.45) is 0.590. The lowest BCUT2D eigenvalue weighted by Gasteiger charge is -2.47. The van der Waals surface area contributed by atoms with Crippen LogP contribution in [0.1, 0.15) is 29.4 Å². The van der Waals surface area contributed by atoms with E-state index >= 15 is 0 Å². The topological polar surface area (TPSA) is 54.7 Å². The van der Waals surface area contributed by atoms with Gasteiger partial charge >= 0.3 is 0 Å². The average Bonchev–Trinajstić information content (AvgIpc) is 3.04. The molecular formula is C20H24N2O3. The van der Waals surface area contributed by atoms with Crippen molar-refractivity contribution in [2.45, 2.75) is 31.5 Å². The fourth-order valence-electron chi connectivity index (χ4n) is 4.07. The summed E-state index contributed by atoms with van der Waals surface area (Å²) in [6, 6.07) is 12.1. The second-order valence-electron chi connectivity index (χ2n) is 7.76. The molecule has 2 aliphatic heterocycles. The van der Waals surface area contributed by atoms with Crippen molar-refractivity contribution in [2.75, 3.05) is 19.7 Å². The van der Waals surface area contributed by atoms with E-state index in [4.69, 9.17) is 4.74 Å². The van der Waals surface area contributed by atoms with Crippen LogP contribution in [0.2, 0.25) is 0 Å². The van der Waals surface area contributed by atoms with Gasteiger partial charge in [0, 0.05) is 24.9 Å². The van der Waals surface area contributed by atoms with Crippen LogP contribution < -0.4 is 0 Å². The molecule has 2 aliphatic rings. The third kappa shape index (κ3) is 2.68. The van der Waals surface area contributed by atoms with Crippen LogP contribution >= 0.6 is 0 Å². The summed E-state index contributed by atoms with van der Waals surface area (Å²) in [5.41, 5.74) is 2.70. The van der Waals surface area contributed by atoms with Gasteiger partial charge in [0.05, 0.1) is 30.9 Å². The molecule has 2 saturated heterocycles. The molecule has 5 heteroatoms. The summed E-state index contributed by atoms with van der Waals surface area (Å²) in [5.74, 6) is 0.0380. The first-order valence-corrected chi connectivity index (χ1v) is 8.68. The van der Waals surface area contributed by atoms with E-state index in [0.717, 1.165) is 22.5 Å². The van der Waals surface area contributed by atoms with Crippen molar-refractivity contribution in [1.82, 2.24) is 9.47 Å². The smallest absolute Gasteiger partial charge is 0.255 e. The van der Waals surface area contributed by atoms with Crippen molar-refractivity contribution in [3.8, 4) is 11.3 Å². The molecule has 1 N–H and O–H groups in total. The maximum Gasteiger partial charge on any atom is 0.255 e. The van der Waals surface area contributed by atoms with Crippen LogP contribution in [-0.2, 0) is 11.8 Å². The lowest BCUT2D eigenvalue weighted by atomic mass is 9.85. The predicted molar refractivity (Wildman–Crippen MR) is 95.4 cm³/mol. The molecule has 25 heavy (non-hydrogen) atoms. The lowest BCUT2D eigenvalue weighted by Crippen LogP contribution is -2.63. The molecule has 5 nitrogen and oxygen atoms in total. The van der Waals surface area contributed by atoms with Crippen LogP contribution in [0.5, 0.6) is 0 Å². The van der Waals surface area contributed by atoms with Crippen molar-refractivity contribution in [3.63, 3.8) is 0 Å². The Morgan fingerprint density at radius 3 is 2.52 bits per heavy atom. The van der Waals surface area contributed by atoms with Gasteiger partial charge in [-0.1, -0.05) is 30.3 Å². The Balaban J connectivity index is 1.55. The summed E-state index contributed by atoms with van der Waals surface area (Å²) < 4.78 is 7.85. The normalized spacial score (nSPS) is 24.6. The Morgan fingerprint density at radius 1 is 1.24 bits per heavy atom. The monoisotopic (exact) mass is 340 g/mol. The summed E-state index contributed by atoms with van der Waals surface area (Å²) >= 11 is 0. The van der Waals surface area contributed by atoms with Gasteiger partial charge in [-0.15, -0.1) is 0 Å². The Bertz CT molecular complexity index is 817. The Kier molecular flexibility index (Phi) is 3.56. The van der Waals surface area contributed by atoms with E-state index < -0.39 is 5.60 Å². The average molecular weight is 340 g/mol. The fraction of sp³-hybridized carbons (Fsp3) is 0.450. The van der Waals surface area contributed by atoms with Crippen molar-refractivity contribution in [2.24, 2.45) is 7.05 Å². The maximum atomic E-state index is 12.9. The van der Waals surface area contributed by atoms with Crippen LogP contribution in [0.25, 0.3) is 11.3 Å². The van der Waals surface area contributed by atoms with Crippen LogP contribution in [0.15, 0.2) is 36.4 Å². The van der Waals surface area contributed by atoms with Crippen molar-refractivity contribution in [1.29, 1.82) is 0 Å². The highest BCUT2D eigenvalue weighted by Crippen LogP contribution is 2.40. The number of aromatic nitrogens is 1. The van der Waals surface area contributed by atoms with Gasteiger partial charge in [0.2, 0.25) is 0 Å². The summed E-state index contributed by atoms with van der Waals surface area (Å²) in [4.78, 5) is 14.8. The van der Waals surface area contributed by atoms with Crippen LogP contribution in [-0.4, -0.2) is 51.4 Å². The van der Waals surface area contributed by atoms with Gasteiger partial charge < -0.3 is 19.3 Å². The van der Waals surface area contributed by atoms with Crippen molar-refractivity contribution in [3.05, 3.63) is 47.7 Å². The first-order chi connectivity index (χ1) is 11.8. The first kappa shape index (κ1) is 16.4. The molecule has 2 fully saturated rings. The van der Waals surface area contributed by atoms with E-state index in [1.54, 1.807) is 6.92 Å². The molecule has 0 saturated carbocycles. The number of benzene rings is 1. The number of rotatable bonds is 2. The number of aliphatic hydroxyl groups is 1. The largest absolute Gasteiger partial charge is 0.388 e. The number of hydrogen-bond donors (Lipinski definition) is 1. The number of carbonyl (C=O) groups excluding carboxylic acids is 1. The Labute approximate surface area is 147 Å². The molecule has 0 radical (unpaired) electrons. The summed E-state index contributed by atoms with van der Waals surface area (Å²) in [6.45, 7) is 5.22. The van der Waals surface area contributed by atoms with Gasteiger partial charge in [0.15, 0.2) is 0 Å². The van der Waals surface area contributed by atoms with Gasteiger partial charge in [-0.2, -0.15) is 0 Å². The van der Waals surface area contributed by atoms with E-state index in [1.807, 2.05) is 43.1 Å². The second kappa shape index (κ2) is 5.44. The summed E-state index contributed by atoms with van der Waals surface area (Å²) in [5, 5.41) is 10.1. The molecule has 1 unspecified atom stereocenters. The predicted octanol–water partition coefficient (Wildman–Crippen LogP) is 2.37. The van der Waals surface area contributed by atoms with E-state index in [2.05, 4.69) is 16.7 Å². The summed E-state index contributed by atoms with van der Waals surface area (Å²) in [7, 11) is 1.99. The number of nitrogens with zero attached hydrogens (tertiary/aromatic N) is 2. The van der Waals surface area contributed by atoms with Crippen molar-refractivity contribution < 1.29 is 14.6 Å². The molecule has 0 bridgehead atoms. The SMILES string of the molecule is Cc1c(C(=O)N2CC3(C2)CC(C)(O)CO3)cc(-c2ccccc2)n1C. The molecule has 1 aromatic carbocycles. The molecule has 1 amide bonds. The highest BCUT2D eigenvalue weighted by molar-refractivity contribution is 5.97. The van der Waals surface area contributed by atoms with E-state index in [-0.39, 0.29) is 11.5 Å². The minimum absolute atomic E-state index is 0.0380.